The van der Waals surface area contributed by atoms with Crippen LogP contribution in [0.1, 0.15) is 26.3 Å². The van der Waals surface area contributed by atoms with Gasteiger partial charge in [0.05, 0.1) is 12.0 Å². The number of rotatable bonds is 5. The molecule has 0 aliphatic rings. The molecule has 2 rings (SSSR count). The highest BCUT2D eigenvalue weighted by atomic mass is 32.2. The molecule has 0 saturated carbocycles. The first-order valence-corrected chi connectivity index (χ1v) is 9.54. The number of amides is 1. The lowest BCUT2D eigenvalue weighted by atomic mass is 9.87. The molecule has 0 atom stereocenters. The minimum absolute atomic E-state index is 0.0141. The van der Waals surface area contributed by atoms with E-state index in [0.29, 0.717) is 11.4 Å². The number of anilines is 1. The largest absolute Gasteiger partial charge is 0.497 e. The van der Waals surface area contributed by atoms with Crippen LogP contribution in [0.25, 0.3) is 0 Å². The first-order chi connectivity index (χ1) is 11.6. The van der Waals surface area contributed by atoms with E-state index in [1.807, 2.05) is 12.1 Å². The van der Waals surface area contributed by atoms with Crippen molar-refractivity contribution in [3.63, 3.8) is 0 Å². The van der Waals surface area contributed by atoms with Gasteiger partial charge < -0.3 is 10.1 Å². The molecule has 1 N–H and O–H groups in total. The second-order valence-electron chi connectivity index (χ2n) is 6.81. The van der Waals surface area contributed by atoms with E-state index in [4.69, 9.17) is 4.74 Å². The Labute approximate surface area is 148 Å². The van der Waals surface area contributed by atoms with Gasteiger partial charge in [-0.1, -0.05) is 32.9 Å². The van der Waals surface area contributed by atoms with Crippen LogP contribution >= 0.6 is 0 Å². The topological polar surface area (TPSA) is 72.5 Å². The molecule has 134 valence electrons. The summed E-state index contributed by atoms with van der Waals surface area (Å²) in [5, 5.41) is 2.63. The summed E-state index contributed by atoms with van der Waals surface area (Å²) in [6, 6.07) is 13.4. The van der Waals surface area contributed by atoms with Gasteiger partial charge in [-0.15, -0.1) is 0 Å². The zero-order valence-corrected chi connectivity index (χ0v) is 15.7. The van der Waals surface area contributed by atoms with Crippen molar-refractivity contribution < 1.29 is 17.9 Å². The Morgan fingerprint density at radius 1 is 1.00 bits per heavy atom. The summed E-state index contributed by atoms with van der Waals surface area (Å²) in [6.07, 6.45) is 0. The maximum Gasteiger partial charge on any atom is 0.239 e. The molecule has 25 heavy (non-hydrogen) atoms. The fourth-order valence-corrected chi connectivity index (χ4v) is 3.42. The van der Waals surface area contributed by atoms with Gasteiger partial charge >= 0.3 is 0 Å². The number of carbonyl (C=O) groups is 1. The molecule has 0 fully saturated rings. The van der Waals surface area contributed by atoms with Gasteiger partial charge in [0.2, 0.25) is 5.91 Å². The van der Waals surface area contributed by atoms with E-state index in [-0.39, 0.29) is 10.3 Å². The Balaban J connectivity index is 2.05. The van der Waals surface area contributed by atoms with Crippen molar-refractivity contribution in [2.45, 2.75) is 31.1 Å². The summed E-state index contributed by atoms with van der Waals surface area (Å²) in [4.78, 5) is 12.2. The maximum atomic E-state index is 12.3. The minimum Gasteiger partial charge on any atom is -0.497 e. The Bertz CT molecular complexity index is 832. The molecule has 0 heterocycles. The summed E-state index contributed by atoms with van der Waals surface area (Å²) in [6.45, 7) is 6.30. The fraction of sp³-hybridized carbons (Fsp3) is 0.316. The van der Waals surface area contributed by atoms with E-state index in [1.54, 1.807) is 24.3 Å². The van der Waals surface area contributed by atoms with Crippen LogP contribution in [0.15, 0.2) is 53.4 Å². The van der Waals surface area contributed by atoms with Gasteiger partial charge in [-0.2, -0.15) is 0 Å². The highest BCUT2D eigenvalue weighted by Gasteiger charge is 2.20. The van der Waals surface area contributed by atoms with Gasteiger partial charge in [0.25, 0.3) is 0 Å². The van der Waals surface area contributed by atoms with Crippen LogP contribution in [-0.2, 0) is 20.0 Å². The Morgan fingerprint density at radius 2 is 1.56 bits per heavy atom. The lowest BCUT2D eigenvalue weighted by Crippen LogP contribution is -2.23. The van der Waals surface area contributed by atoms with Crippen LogP contribution in [0.4, 0.5) is 5.69 Å². The zero-order chi connectivity index (χ0) is 18.7. The van der Waals surface area contributed by atoms with E-state index in [2.05, 4.69) is 26.1 Å². The molecule has 0 radical (unpaired) electrons. The average Bonchev–Trinajstić information content (AvgIpc) is 2.54. The molecule has 0 spiro atoms. The molecular weight excluding hydrogens is 338 g/mol. The number of ether oxygens (including phenoxy) is 1. The Morgan fingerprint density at radius 3 is 2.04 bits per heavy atom. The van der Waals surface area contributed by atoms with Crippen LogP contribution < -0.4 is 10.1 Å². The number of methoxy groups -OCH3 is 1. The van der Waals surface area contributed by atoms with Crippen molar-refractivity contribution in [3.05, 3.63) is 54.1 Å². The standard InChI is InChI=1S/C19H23NO4S/c1-19(2,3)14-5-7-15(8-6-14)20-18(21)13-25(22,23)17-11-9-16(24-4)10-12-17/h5-12H,13H2,1-4H3,(H,20,21). The summed E-state index contributed by atoms with van der Waals surface area (Å²) in [5.74, 6) is -0.623. The van der Waals surface area contributed by atoms with Crippen LogP contribution in [0.2, 0.25) is 0 Å². The molecule has 6 heteroatoms. The van der Waals surface area contributed by atoms with Gasteiger partial charge in [-0.05, 0) is 47.4 Å². The van der Waals surface area contributed by atoms with Gasteiger partial charge in [-0.3, -0.25) is 4.79 Å². The highest BCUT2D eigenvalue weighted by Crippen LogP contribution is 2.23. The molecule has 0 aromatic heterocycles. The van der Waals surface area contributed by atoms with E-state index in [1.165, 1.54) is 19.2 Å². The average molecular weight is 361 g/mol. The molecule has 0 unspecified atom stereocenters. The van der Waals surface area contributed by atoms with Gasteiger partial charge in [0.1, 0.15) is 11.5 Å². The van der Waals surface area contributed by atoms with Crippen molar-refractivity contribution in [3.8, 4) is 5.75 Å². The van der Waals surface area contributed by atoms with Crippen molar-refractivity contribution in [2.24, 2.45) is 0 Å². The lowest BCUT2D eigenvalue weighted by molar-refractivity contribution is -0.113. The third-order valence-electron chi connectivity index (χ3n) is 3.77. The third kappa shape index (κ3) is 5.06. The molecule has 0 aliphatic heterocycles. The molecule has 1 amide bonds. The van der Waals surface area contributed by atoms with Crippen LogP contribution in [-0.4, -0.2) is 27.2 Å². The molecule has 0 bridgehead atoms. The summed E-state index contributed by atoms with van der Waals surface area (Å²) >= 11 is 0. The van der Waals surface area contributed by atoms with Crippen molar-refractivity contribution in [2.75, 3.05) is 18.2 Å². The maximum absolute atomic E-state index is 12.3. The summed E-state index contributed by atoms with van der Waals surface area (Å²) in [5.41, 5.74) is 1.72. The third-order valence-corrected chi connectivity index (χ3v) is 5.41. The molecule has 2 aromatic rings. The normalized spacial score (nSPS) is 11.8. The predicted molar refractivity (Wildman–Crippen MR) is 98.8 cm³/mol. The number of carbonyl (C=O) groups excluding carboxylic acids is 1. The molecule has 0 aliphatic carbocycles. The number of sulfone groups is 1. The van der Waals surface area contributed by atoms with E-state index in [0.717, 1.165) is 5.56 Å². The minimum atomic E-state index is -3.70. The second kappa shape index (κ2) is 7.27. The van der Waals surface area contributed by atoms with Crippen molar-refractivity contribution >= 4 is 21.4 Å². The van der Waals surface area contributed by atoms with Crippen LogP contribution in [0.5, 0.6) is 5.75 Å². The number of nitrogens with one attached hydrogen (secondary N) is 1. The lowest BCUT2D eigenvalue weighted by Gasteiger charge is -2.19. The molecule has 2 aromatic carbocycles. The molecular formula is C19H23NO4S. The first kappa shape index (κ1) is 19.0. The summed E-state index contributed by atoms with van der Waals surface area (Å²) < 4.78 is 29.6. The fourth-order valence-electron chi connectivity index (χ4n) is 2.29. The molecule has 5 nitrogen and oxygen atoms in total. The number of hydrogen-bond acceptors (Lipinski definition) is 4. The number of benzene rings is 2. The van der Waals surface area contributed by atoms with Crippen LogP contribution in [0.3, 0.4) is 0 Å². The smallest absolute Gasteiger partial charge is 0.239 e. The predicted octanol–water partition coefficient (Wildman–Crippen LogP) is 3.41. The first-order valence-electron chi connectivity index (χ1n) is 7.89. The highest BCUT2D eigenvalue weighted by molar-refractivity contribution is 7.92. The quantitative estimate of drug-likeness (QED) is 0.886. The van der Waals surface area contributed by atoms with Gasteiger partial charge in [0, 0.05) is 5.69 Å². The van der Waals surface area contributed by atoms with E-state index in [9.17, 15) is 13.2 Å². The molecule has 0 saturated heterocycles. The monoisotopic (exact) mass is 361 g/mol. The zero-order valence-electron chi connectivity index (χ0n) is 14.9. The van der Waals surface area contributed by atoms with Crippen molar-refractivity contribution in [1.29, 1.82) is 0 Å². The van der Waals surface area contributed by atoms with Crippen LogP contribution in [0, 0.1) is 0 Å². The SMILES string of the molecule is COc1ccc(S(=O)(=O)CC(=O)Nc2ccc(C(C)(C)C)cc2)cc1. The van der Waals surface area contributed by atoms with E-state index < -0.39 is 21.5 Å². The summed E-state index contributed by atoms with van der Waals surface area (Å²) in [7, 11) is -2.20. The number of hydrogen-bond donors (Lipinski definition) is 1. The Hall–Kier alpha value is -2.34. The second-order valence-corrected chi connectivity index (χ2v) is 8.80. The van der Waals surface area contributed by atoms with E-state index >= 15 is 0 Å². The van der Waals surface area contributed by atoms with Crippen molar-refractivity contribution in [1.82, 2.24) is 0 Å². The Kier molecular flexibility index (Phi) is 5.52. The van der Waals surface area contributed by atoms with Gasteiger partial charge in [-0.25, -0.2) is 8.42 Å². The van der Waals surface area contributed by atoms with Gasteiger partial charge in [0.15, 0.2) is 9.84 Å².